The van der Waals surface area contributed by atoms with Crippen LogP contribution in [-0.2, 0) is 6.54 Å². The summed E-state index contributed by atoms with van der Waals surface area (Å²) in [5, 5.41) is 11.9. The molecule has 1 aliphatic heterocycles. The molecule has 0 aromatic carbocycles. The summed E-state index contributed by atoms with van der Waals surface area (Å²) in [5.74, 6) is 1.49. The quantitative estimate of drug-likeness (QED) is 0.410. The Morgan fingerprint density at radius 1 is 1.36 bits per heavy atom. The number of aliphatic imine (C=N–C) groups is 1. The van der Waals surface area contributed by atoms with Crippen molar-refractivity contribution in [3.05, 3.63) is 40.4 Å². The van der Waals surface area contributed by atoms with E-state index >= 15 is 0 Å². The molecule has 0 bridgehead atoms. The van der Waals surface area contributed by atoms with Gasteiger partial charge in [-0.3, -0.25) is 9.89 Å². The third-order valence-corrected chi connectivity index (χ3v) is 5.14. The zero-order valence-electron chi connectivity index (χ0n) is 14.7. The fraction of sp³-hybridized carbons (Fsp3) is 0.529. The minimum Gasteiger partial charge on any atom is -0.364 e. The fourth-order valence-corrected chi connectivity index (χ4v) is 3.70. The number of guanidine groups is 1. The molecule has 1 aliphatic rings. The molecule has 25 heavy (non-hydrogen) atoms. The molecule has 2 aromatic heterocycles. The molecule has 1 fully saturated rings. The molecule has 1 unspecified atom stereocenters. The van der Waals surface area contributed by atoms with Crippen LogP contribution in [0.4, 0.5) is 0 Å². The van der Waals surface area contributed by atoms with E-state index in [0.29, 0.717) is 5.92 Å². The molecule has 138 valence electrons. The summed E-state index contributed by atoms with van der Waals surface area (Å²) in [7, 11) is 1.86. The van der Waals surface area contributed by atoms with Gasteiger partial charge in [0.25, 0.3) is 0 Å². The Hall–Kier alpha value is -1.13. The van der Waals surface area contributed by atoms with E-state index in [9.17, 15) is 0 Å². The molecule has 0 radical (unpaired) electrons. The average molecular weight is 475 g/mol. The summed E-state index contributed by atoms with van der Waals surface area (Å²) in [6.07, 6.45) is 1.63. The van der Waals surface area contributed by atoms with Crippen molar-refractivity contribution < 1.29 is 4.52 Å². The van der Waals surface area contributed by atoms with E-state index in [1.807, 2.05) is 13.1 Å². The number of nitrogens with zero attached hydrogens (tertiary/aromatic N) is 4. The van der Waals surface area contributed by atoms with Crippen LogP contribution in [0.5, 0.6) is 0 Å². The largest absolute Gasteiger partial charge is 0.364 e. The molecule has 0 spiro atoms. The van der Waals surface area contributed by atoms with Gasteiger partial charge in [-0.05, 0) is 28.3 Å². The highest BCUT2D eigenvalue weighted by atomic mass is 127. The number of aromatic nitrogens is 1. The highest BCUT2D eigenvalue weighted by Gasteiger charge is 2.20. The van der Waals surface area contributed by atoms with Gasteiger partial charge in [0.15, 0.2) is 5.96 Å². The summed E-state index contributed by atoms with van der Waals surface area (Å²) < 4.78 is 4.90. The van der Waals surface area contributed by atoms with E-state index in [1.54, 1.807) is 17.6 Å². The van der Waals surface area contributed by atoms with Crippen LogP contribution in [0.15, 0.2) is 38.7 Å². The molecule has 3 rings (SSSR count). The topological polar surface area (TPSA) is 56.9 Å². The second-order valence-corrected chi connectivity index (χ2v) is 6.92. The van der Waals surface area contributed by atoms with E-state index in [-0.39, 0.29) is 24.0 Å². The van der Waals surface area contributed by atoms with Crippen molar-refractivity contribution in [1.82, 2.24) is 20.3 Å². The van der Waals surface area contributed by atoms with E-state index in [4.69, 9.17) is 4.52 Å². The first-order valence-electron chi connectivity index (χ1n) is 8.35. The lowest BCUT2D eigenvalue weighted by Gasteiger charge is -2.36. The Labute approximate surface area is 170 Å². The normalized spacial score (nSPS) is 17.2. The van der Waals surface area contributed by atoms with E-state index in [1.165, 1.54) is 5.56 Å². The van der Waals surface area contributed by atoms with E-state index in [2.05, 4.69) is 49.0 Å². The van der Waals surface area contributed by atoms with Gasteiger partial charge in [0, 0.05) is 52.4 Å². The number of thiophene rings is 1. The number of halogens is 1. The van der Waals surface area contributed by atoms with Gasteiger partial charge >= 0.3 is 0 Å². The van der Waals surface area contributed by atoms with E-state index < -0.39 is 0 Å². The van der Waals surface area contributed by atoms with Gasteiger partial charge in [-0.15, -0.1) is 24.0 Å². The minimum absolute atomic E-state index is 0. The maximum Gasteiger partial charge on any atom is 0.193 e. The molecule has 1 saturated heterocycles. The highest BCUT2D eigenvalue weighted by molar-refractivity contribution is 14.0. The Kier molecular flexibility index (Phi) is 8.17. The predicted octanol–water partition coefficient (Wildman–Crippen LogP) is 2.85. The molecule has 2 aromatic rings. The van der Waals surface area contributed by atoms with Gasteiger partial charge in [0.05, 0.1) is 5.69 Å². The molecule has 3 heterocycles. The van der Waals surface area contributed by atoms with Crippen LogP contribution in [-0.4, -0.2) is 60.7 Å². The van der Waals surface area contributed by atoms with Crippen molar-refractivity contribution >= 4 is 41.3 Å². The number of rotatable bonds is 5. The van der Waals surface area contributed by atoms with Crippen LogP contribution in [0.3, 0.4) is 0 Å². The number of piperazine rings is 1. The SMILES string of the molecule is CN=C(NCC(C)c1ccsc1)N1CCN(Cc2ccon2)CC1.I. The molecular weight excluding hydrogens is 449 g/mol. The van der Waals surface area contributed by atoms with Crippen molar-refractivity contribution in [2.24, 2.45) is 4.99 Å². The Morgan fingerprint density at radius 2 is 2.16 bits per heavy atom. The number of nitrogens with one attached hydrogen (secondary N) is 1. The molecule has 8 heteroatoms. The Morgan fingerprint density at radius 3 is 2.76 bits per heavy atom. The minimum atomic E-state index is 0. The summed E-state index contributed by atoms with van der Waals surface area (Å²) in [6.45, 7) is 7.97. The molecule has 1 N–H and O–H groups in total. The van der Waals surface area contributed by atoms with Gasteiger partial charge in [0.2, 0.25) is 0 Å². The van der Waals surface area contributed by atoms with Crippen LogP contribution >= 0.6 is 35.3 Å². The second kappa shape index (κ2) is 10.1. The molecular formula is C17H26IN5OS. The van der Waals surface area contributed by atoms with Crippen molar-refractivity contribution in [1.29, 1.82) is 0 Å². The van der Waals surface area contributed by atoms with Gasteiger partial charge in [-0.2, -0.15) is 11.3 Å². The summed E-state index contributed by atoms with van der Waals surface area (Å²) >= 11 is 1.75. The lowest BCUT2D eigenvalue weighted by atomic mass is 10.1. The lowest BCUT2D eigenvalue weighted by Crippen LogP contribution is -2.52. The monoisotopic (exact) mass is 475 g/mol. The molecule has 0 amide bonds. The van der Waals surface area contributed by atoms with Crippen molar-refractivity contribution in [2.75, 3.05) is 39.8 Å². The van der Waals surface area contributed by atoms with Crippen LogP contribution in [0.2, 0.25) is 0 Å². The van der Waals surface area contributed by atoms with Gasteiger partial charge in [0.1, 0.15) is 6.26 Å². The molecule has 6 nitrogen and oxygen atoms in total. The maximum absolute atomic E-state index is 4.90. The second-order valence-electron chi connectivity index (χ2n) is 6.14. The first-order valence-corrected chi connectivity index (χ1v) is 9.30. The first-order chi connectivity index (χ1) is 11.8. The fourth-order valence-electron chi connectivity index (χ4n) is 2.92. The molecule has 1 atom stereocenters. The number of hydrogen-bond acceptors (Lipinski definition) is 5. The van der Waals surface area contributed by atoms with Crippen molar-refractivity contribution in [2.45, 2.75) is 19.4 Å². The zero-order chi connectivity index (χ0) is 16.8. The average Bonchev–Trinajstić information content (AvgIpc) is 3.30. The molecule has 0 aliphatic carbocycles. The third kappa shape index (κ3) is 5.68. The predicted molar refractivity (Wildman–Crippen MR) is 113 cm³/mol. The highest BCUT2D eigenvalue weighted by Crippen LogP contribution is 2.17. The Bertz CT molecular complexity index is 624. The van der Waals surface area contributed by atoms with Crippen LogP contribution in [0.1, 0.15) is 24.1 Å². The van der Waals surface area contributed by atoms with Crippen LogP contribution in [0.25, 0.3) is 0 Å². The smallest absolute Gasteiger partial charge is 0.193 e. The standard InChI is InChI=1S/C17H25N5OS.HI/c1-14(15-4-10-24-13-15)11-19-17(18-2)22-7-5-21(6-8-22)12-16-3-9-23-20-16;/h3-4,9-10,13-14H,5-8,11-12H2,1-2H3,(H,18,19);1H. The first kappa shape index (κ1) is 20.2. The zero-order valence-corrected chi connectivity index (χ0v) is 17.9. The molecule has 0 saturated carbocycles. The van der Waals surface area contributed by atoms with Crippen molar-refractivity contribution in [3.8, 4) is 0 Å². The van der Waals surface area contributed by atoms with Gasteiger partial charge < -0.3 is 14.7 Å². The van der Waals surface area contributed by atoms with Crippen LogP contribution in [0, 0.1) is 0 Å². The summed E-state index contributed by atoms with van der Waals surface area (Å²) in [5.41, 5.74) is 2.39. The number of hydrogen-bond donors (Lipinski definition) is 1. The summed E-state index contributed by atoms with van der Waals surface area (Å²) in [4.78, 5) is 9.19. The van der Waals surface area contributed by atoms with E-state index in [0.717, 1.165) is 50.9 Å². The van der Waals surface area contributed by atoms with Gasteiger partial charge in [-0.1, -0.05) is 12.1 Å². The third-order valence-electron chi connectivity index (χ3n) is 4.44. The van der Waals surface area contributed by atoms with Crippen LogP contribution < -0.4 is 5.32 Å². The maximum atomic E-state index is 4.90. The van der Waals surface area contributed by atoms with Crippen molar-refractivity contribution in [3.63, 3.8) is 0 Å². The Balaban J connectivity index is 0.00000225. The summed E-state index contributed by atoms with van der Waals surface area (Å²) in [6, 6.07) is 4.13. The lowest BCUT2D eigenvalue weighted by molar-refractivity contribution is 0.169. The van der Waals surface area contributed by atoms with Gasteiger partial charge in [-0.25, -0.2) is 0 Å².